The molecule has 2 heterocycles. The lowest BCUT2D eigenvalue weighted by Crippen LogP contribution is -2.03. The van der Waals surface area contributed by atoms with E-state index in [0.29, 0.717) is 16.7 Å². The molecule has 0 radical (unpaired) electrons. The summed E-state index contributed by atoms with van der Waals surface area (Å²) in [5, 5.41) is 7.31. The predicted octanol–water partition coefficient (Wildman–Crippen LogP) is 3.00. The van der Waals surface area contributed by atoms with E-state index in [-0.39, 0.29) is 11.7 Å². The quantitative estimate of drug-likeness (QED) is 0.576. The summed E-state index contributed by atoms with van der Waals surface area (Å²) in [7, 11) is 1.35. The normalized spacial score (nSPS) is 10.6. The van der Waals surface area contributed by atoms with Crippen molar-refractivity contribution in [2.45, 2.75) is 5.16 Å². The fraction of sp³-hybridized carbons (Fsp3) is 0.133. The number of nitrogens with zero attached hydrogens (tertiary/aromatic N) is 2. The number of carbonyl (C=O) groups is 1. The van der Waals surface area contributed by atoms with Gasteiger partial charge in [0.1, 0.15) is 5.76 Å². The molecule has 0 fully saturated rings. The maximum Gasteiger partial charge on any atom is 0.316 e. The number of nitrogens with one attached hydrogen (secondary N) is 1. The molecule has 7 heteroatoms. The molecule has 3 rings (SSSR count). The van der Waals surface area contributed by atoms with Crippen LogP contribution in [-0.2, 0) is 9.53 Å². The van der Waals surface area contributed by atoms with Crippen molar-refractivity contribution in [3.05, 3.63) is 42.5 Å². The lowest BCUT2D eigenvalue weighted by atomic mass is 10.2. The minimum Gasteiger partial charge on any atom is -0.468 e. The molecule has 0 unspecified atom stereocenters. The van der Waals surface area contributed by atoms with Crippen LogP contribution in [0.3, 0.4) is 0 Å². The number of methoxy groups -OCH3 is 1. The Labute approximate surface area is 130 Å². The SMILES string of the molecule is COC(=O)CSc1n[nH]c(-c2ccc(-c3ccccc3)o2)n1. The van der Waals surface area contributed by atoms with Crippen LogP contribution in [0.4, 0.5) is 0 Å². The minimum absolute atomic E-state index is 0.168. The second kappa shape index (κ2) is 6.48. The first kappa shape index (κ1) is 14.4. The summed E-state index contributed by atoms with van der Waals surface area (Å²) >= 11 is 1.20. The molecular weight excluding hydrogens is 302 g/mol. The van der Waals surface area contributed by atoms with Crippen molar-refractivity contribution in [2.75, 3.05) is 12.9 Å². The van der Waals surface area contributed by atoms with E-state index in [1.54, 1.807) is 0 Å². The van der Waals surface area contributed by atoms with Gasteiger partial charge in [-0.2, -0.15) is 4.98 Å². The Morgan fingerprint density at radius 3 is 2.77 bits per heavy atom. The first-order valence-corrected chi connectivity index (χ1v) is 7.52. The van der Waals surface area contributed by atoms with Crippen LogP contribution in [0.5, 0.6) is 0 Å². The van der Waals surface area contributed by atoms with Gasteiger partial charge in [0.15, 0.2) is 11.6 Å². The zero-order valence-corrected chi connectivity index (χ0v) is 12.6. The molecule has 0 aliphatic heterocycles. The van der Waals surface area contributed by atoms with E-state index in [4.69, 9.17) is 4.42 Å². The third kappa shape index (κ3) is 3.20. The van der Waals surface area contributed by atoms with Crippen molar-refractivity contribution in [1.29, 1.82) is 0 Å². The van der Waals surface area contributed by atoms with Gasteiger partial charge in [-0.3, -0.25) is 9.89 Å². The third-order valence-electron chi connectivity index (χ3n) is 2.91. The lowest BCUT2D eigenvalue weighted by molar-refractivity contribution is -0.137. The summed E-state index contributed by atoms with van der Waals surface area (Å²) in [5.41, 5.74) is 0.994. The van der Waals surface area contributed by atoms with Crippen LogP contribution in [0, 0.1) is 0 Å². The van der Waals surface area contributed by atoms with Gasteiger partial charge >= 0.3 is 5.97 Å². The van der Waals surface area contributed by atoms with E-state index < -0.39 is 0 Å². The standard InChI is InChI=1S/C15H13N3O3S/c1-20-13(19)9-22-15-16-14(17-18-15)12-8-7-11(21-12)10-5-3-2-4-6-10/h2-8H,9H2,1H3,(H,16,17,18). The predicted molar refractivity (Wildman–Crippen MR) is 82.3 cm³/mol. The van der Waals surface area contributed by atoms with Crippen molar-refractivity contribution in [2.24, 2.45) is 0 Å². The number of H-pyrrole nitrogens is 1. The number of aromatic amines is 1. The molecular formula is C15H13N3O3S. The summed E-state index contributed by atoms with van der Waals surface area (Å²) in [5.74, 6) is 1.73. The fourth-order valence-electron chi connectivity index (χ4n) is 1.83. The van der Waals surface area contributed by atoms with E-state index in [9.17, 15) is 4.79 Å². The topological polar surface area (TPSA) is 81.0 Å². The van der Waals surface area contributed by atoms with Crippen LogP contribution >= 0.6 is 11.8 Å². The lowest BCUT2D eigenvalue weighted by Gasteiger charge is -1.95. The van der Waals surface area contributed by atoms with E-state index in [2.05, 4.69) is 19.9 Å². The molecule has 0 bridgehead atoms. The molecule has 0 saturated heterocycles. The highest BCUT2D eigenvalue weighted by Gasteiger charge is 2.12. The fourth-order valence-corrected chi connectivity index (χ4v) is 2.46. The molecule has 0 spiro atoms. The van der Waals surface area contributed by atoms with Gasteiger partial charge in [-0.1, -0.05) is 42.1 Å². The molecule has 22 heavy (non-hydrogen) atoms. The van der Waals surface area contributed by atoms with Crippen LogP contribution in [0.1, 0.15) is 0 Å². The van der Waals surface area contributed by atoms with Gasteiger partial charge in [-0.25, -0.2) is 0 Å². The number of hydrogen-bond donors (Lipinski definition) is 1. The summed E-state index contributed by atoms with van der Waals surface area (Å²) in [4.78, 5) is 15.4. The molecule has 112 valence electrons. The Bertz CT molecular complexity index is 767. The number of thioether (sulfide) groups is 1. The van der Waals surface area contributed by atoms with Crippen molar-refractivity contribution >= 4 is 17.7 Å². The van der Waals surface area contributed by atoms with Gasteiger partial charge in [0.05, 0.1) is 12.9 Å². The van der Waals surface area contributed by atoms with Gasteiger partial charge in [0, 0.05) is 5.56 Å². The second-order valence-electron chi connectivity index (χ2n) is 4.36. The first-order chi connectivity index (χ1) is 10.8. The van der Waals surface area contributed by atoms with E-state index in [0.717, 1.165) is 11.3 Å². The largest absolute Gasteiger partial charge is 0.468 e. The maximum absolute atomic E-state index is 11.1. The van der Waals surface area contributed by atoms with E-state index in [1.807, 2.05) is 42.5 Å². The molecule has 3 aromatic rings. The average molecular weight is 315 g/mol. The molecule has 0 aliphatic carbocycles. The van der Waals surface area contributed by atoms with Crippen LogP contribution < -0.4 is 0 Å². The average Bonchev–Trinajstić information content (AvgIpc) is 3.22. The number of ether oxygens (including phenoxy) is 1. The Balaban J connectivity index is 1.74. The zero-order chi connectivity index (χ0) is 15.4. The van der Waals surface area contributed by atoms with Gasteiger partial charge in [0.2, 0.25) is 5.16 Å². The number of hydrogen-bond acceptors (Lipinski definition) is 6. The summed E-state index contributed by atoms with van der Waals surface area (Å²) in [6.45, 7) is 0. The summed E-state index contributed by atoms with van der Waals surface area (Å²) in [6, 6.07) is 13.5. The zero-order valence-electron chi connectivity index (χ0n) is 11.8. The molecule has 1 aromatic carbocycles. The van der Waals surface area contributed by atoms with Crippen molar-refractivity contribution < 1.29 is 13.9 Å². The van der Waals surface area contributed by atoms with Gasteiger partial charge in [-0.05, 0) is 12.1 Å². The Kier molecular flexibility index (Phi) is 4.24. The number of esters is 1. The Morgan fingerprint density at radius 2 is 2.00 bits per heavy atom. The molecule has 0 amide bonds. The van der Waals surface area contributed by atoms with Crippen LogP contribution in [-0.4, -0.2) is 34.0 Å². The summed E-state index contributed by atoms with van der Waals surface area (Å²) in [6.07, 6.45) is 0. The highest BCUT2D eigenvalue weighted by molar-refractivity contribution is 7.99. The minimum atomic E-state index is -0.319. The Hall–Kier alpha value is -2.54. The number of benzene rings is 1. The van der Waals surface area contributed by atoms with Crippen LogP contribution in [0.2, 0.25) is 0 Å². The van der Waals surface area contributed by atoms with Gasteiger partial charge in [-0.15, -0.1) is 5.10 Å². The molecule has 1 N–H and O–H groups in total. The van der Waals surface area contributed by atoms with Gasteiger partial charge in [0.25, 0.3) is 0 Å². The van der Waals surface area contributed by atoms with Crippen LogP contribution in [0.15, 0.2) is 52.0 Å². The highest BCUT2D eigenvalue weighted by atomic mass is 32.2. The highest BCUT2D eigenvalue weighted by Crippen LogP contribution is 2.27. The smallest absolute Gasteiger partial charge is 0.316 e. The third-order valence-corrected chi connectivity index (χ3v) is 3.73. The van der Waals surface area contributed by atoms with E-state index in [1.165, 1.54) is 18.9 Å². The van der Waals surface area contributed by atoms with Crippen molar-refractivity contribution in [1.82, 2.24) is 15.2 Å². The molecule has 0 atom stereocenters. The summed E-state index contributed by atoms with van der Waals surface area (Å²) < 4.78 is 10.4. The van der Waals surface area contributed by atoms with Crippen molar-refractivity contribution in [3.63, 3.8) is 0 Å². The number of furan rings is 1. The number of carbonyl (C=O) groups excluding carboxylic acids is 1. The molecule has 0 aliphatic rings. The van der Waals surface area contributed by atoms with Crippen molar-refractivity contribution in [3.8, 4) is 22.9 Å². The first-order valence-electron chi connectivity index (χ1n) is 6.54. The van der Waals surface area contributed by atoms with Gasteiger partial charge < -0.3 is 9.15 Å². The monoisotopic (exact) mass is 315 g/mol. The number of aromatic nitrogens is 3. The Morgan fingerprint density at radius 1 is 1.23 bits per heavy atom. The van der Waals surface area contributed by atoms with Crippen LogP contribution in [0.25, 0.3) is 22.9 Å². The molecule has 0 saturated carbocycles. The van der Waals surface area contributed by atoms with E-state index >= 15 is 0 Å². The molecule has 2 aromatic heterocycles. The molecule has 6 nitrogen and oxygen atoms in total. The maximum atomic E-state index is 11.1. The second-order valence-corrected chi connectivity index (χ2v) is 5.30. The number of rotatable bonds is 5.